The molecule has 1 unspecified atom stereocenters. The minimum atomic E-state index is 0. The van der Waals surface area contributed by atoms with Crippen LogP contribution >= 0.6 is 24.0 Å². The third kappa shape index (κ3) is 10.2. The molecule has 166 valence electrons. The van der Waals surface area contributed by atoms with Gasteiger partial charge in [0, 0.05) is 39.0 Å². The molecule has 0 radical (unpaired) electrons. The second-order valence-electron chi connectivity index (χ2n) is 6.72. The van der Waals surface area contributed by atoms with E-state index in [-0.39, 0.29) is 24.0 Å². The summed E-state index contributed by atoms with van der Waals surface area (Å²) >= 11 is 0. The third-order valence-electron chi connectivity index (χ3n) is 4.18. The molecule has 30 heavy (non-hydrogen) atoms. The molecule has 0 saturated heterocycles. The van der Waals surface area contributed by atoms with Gasteiger partial charge < -0.3 is 24.8 Å². The van der Waals surface area contributed by atoms with Crippen LogP contribution in [0.4, 0.5) is 0 Å². The Bertz CT molecular complexity index is 731. The highest BCUT2D eigenvalue weighted by atomic mass is 127. The lowest BCUT2D eigenvalue weighted by molar-refractivity contribution is 0.0931. The number of hydrogen-bond donors (Lipinski definition) is 2. The number of rotatable bonds is 12. The summed E-state index contributed by atoms with van der Waals surface area (Å²) in [6.45, 7) is 5.77. The number of guanidine groups is 1. The van der Waals surface area contributed by atoms with Crippen molar-refractivity contribution >= 4 is 29.9 Å². The second-order valence-corrected chi connectivity index (χ2v) is 6.72. The van der Waals surface area contributed by atoms with Gasteiger partial charge in [-0.25, -0.2) is 4.98 Å². The topological polar surface area (TPSA) is 77.0 Å². The van der Waals surface area contributed by atoms with Crippen LogP contribution in [0, 0.1) is 5.92 Å². The lowest BCUT2D eigenvalue weighted by Gasteiger charge is -2.17. The molecule has 1 atom stereocenters. The first kappa shape index (κ1) is 26.1. The SMILES string of the molecule is CN=C(NCc1cccnc1OCCOC)NCC(C)COCc1ccccc1.I. The number of nitrogens with zero attached hydrogens (tertiary/aromatic N) is 2. The number of pyridine rings is 1. The number of hydrogen-bond acceptors (Lipinski definition) is 5. The van der Waals surface area contributed by atoms with Crippen LogP contribution < -0.4 is 15.4 Å². The zero-order valence-electron chi connectivity index (χ0n) is 18.0. The van der Waals surface area contributed by atoms with Gasteiger partial charge in [-0.2, -0.15) is 0 Å². The number of benzene rings is 1. The molecule has 0 amide bonds. The summed E-state index contributed by atoms with van der Waals surface area (Å²) in [7, 11) is 3.40. The maximum absolute atomic E-state index is 5.80. The maximum atomic E-state index is 5.80. The minimum absolute atomic E-state index is 0. The molecule has 0 spiro atoms. The van der Waals surface area contributed by atoms with Crippen molar-refractivity contribution in [1.29, 1.82) is 0 Å². The minimum Gasteiger partial charge on any atom is -0.475 e. The van der Waals surface area contributed by atoms with E-state index in [0.717, 1.165) is 18.1 Å². The Morgan fingerprint density at radius 2 is 1.90 bits per heavy atom. The average molecular weight is 528 g/mol. The van der Waals surface area contributed by atoms with Crippen molar-refractivity contribution in [3.05, 3.63) is 59.8 Å². The van der Waals surface area contributed by atoms with E-state index in [4.69, 9.17) is 14.2 Å². The summed E-state index contributed by atoms with van der Waals surface area (Å²) in [5.41, 5.74) is 2.15. The van der Waals surface area contributed by atoms with Gasteiger partial charge in [0.1, 0.15) is 6.61 Å². The molecular weight excluding hydrogens is 495 g/mol. The van der Waals surface area contributed by atoms with Gasteiger partial charge >= 0.3 is 0 Å². The van der Waals surface area contributed by atoms with Crippen LogP contribution in [0.15, 0.2) is 53.7 Å². The lowest BCUT2D eigenvalue weighted by atomic mass is 10.2. The Balaban J connectivity index is 0.00000450. The molecule has 1 heterocycles. The molecule has 0 saturated carbocycles. The molecule has 2 N–H and O–H groups in total. The molecule has 7 nitrogen and oxygen atoms in total. The average Bonchev–Trinajstić information content (AvgIpc) is 2.75. The van der Waals surface area contributed by atoms with E-state index >= 15 is 0 Å². The van der Waals surface area contributed by atoms with Crippen molar-refractivity contribution in [2.45, 2.75) is 20.1 Å². The van der Waals surface area contributed by atoms with E-state index in [0.29, 0.717) is 44.8 Å². The molecule has 0 aliphatic rings. The molecule has 1 aromatic carbocycles. The fraction of sp³-hybridized carbons (Fsp3) is 0.455. The second kappa shape index (κ2) is 15.9. The van der Waals surface area contributed by atoms with Crippen molar-refractivity contribution in [3.63, 3.8) is 0 Å². The largest absolute Gasteiger partial charge is 0.475 e. The standard InChI is InChI=1S/C22H32N4O3.HI/c1-18(16-28-17-19-8-5-4-6-9-19)14-25-22(23-2)26-15-20-10-7-11-24-21(20)29-13-12-27-3;/h4-11,18H,12-17H2,1-3H3,(H2,23,25,26);1H. The molecule has 0 bridgehead atoms. The number of nitrogens with one attached hydrogen (secondary N) is 2. The first-order valence-corrected chi connectivity index (χ1v) is 9.84. The molecule has 2 aromatic rings. The zero-order valence-corrected chi connectivity index (χ0v) is 20.3. The normalized spacial score (nSPS) is 12.0. The number of halogens is 1. The Labute approximate surface area is 196 Å². The van der Waals surface area contributed by atoms with Crippen LogP contribution in [0.1, 0.15) is 18.1 Å². The number of methoxy groups -OCH3 is 1. The van der Waals surface area contributed by atoms with E-state index in [9.17, 15) is 0 Å². The summed E-state index contributed by atoms with van der Waals surface area (Å²) in [6, 6.07) is 14.1. The van der Waals surface area contributed by atoms with Crippen LogP contribution in [-0.2, 0) is 22.6 Å². The first-order valence-electron chi connectivity index (χ1n) is 9.84. The van der Waals surface area contributed by atoms with E-state index in [1.54, 1.807) is 20.4 Å². The van der Waals surface area contributed by atoms with Crippen molar-refractivity contribution in [2.75, 3.05) is 40.5 Å². The summed E-state index contributed by atoms with van der Waals surface area (Å²) in [5.74, 6) is 1.69. The lowest BCUT2D eigenvalue weighted by Crippen LogP contribution is -2.39. The van der Waals surface area contributed by atoms with Crippen LogP contribution in [-0.4, -0.2) is 51.5 Å². The Morgan fingerprint density at radius 3 is 2.63 bits per heavy atom. The predicted molar refractivity (Wildman–Crippen MR) is 130 cm³/mol. The van der Waals surface area contributed by atoms with Gasteiger partial charge in [-0.05, 0) is 17.5 Å². The number of aliphatic imine (C=N–C) groups is 1. The number of ether oxygens (including phenoxy) is 3. The summed E-state index contributed by atoms with van der Waals surface area (Å²) in [4.78, 5) is 8.57. The fourth-order valence-corrected chi connectivity index (χ4v) is 2.59. The molecule has 0 fully saturated rings. The van der Waals surface area contributed by atoms with Gasteiger partial charge in [-0.1, -0.05) is 43.3 Å². The van der Waals surface area contributed by atoms with E-state index < -0.39 is 0 Å². The zero-order chi connectivity index (χ0) is 20.7. The summed E-state index contributed by atoms with van der Waals surface area (Å²) in [6.07, 6.45) is 1.72. The molecule has 8 heteroatoms. The molecular formula is C22H33IN4O3. The number of aromatic nitrogens is 1. The van der Waals surface area contributed by atoms with Gasteiger partial charge in [-0.15, -0.1) is 24.0 Å². The maximum Gasteiger partial charge on any atom is 0.218 e. The summed E-state index contributed by atoms with van der Waals surface area (Å²) in [5, 5.41) is 6.64. The highest BCUT2D eigenvalue weighted by Crippen LogP contribution is 2.13. The Kier molecular flexibility index (Phi) is 13.8. The van der Waals surface area contributed by atoms with Gasteiger partial charge in [0.2, 0.25) is 5.88 Å². The van der Waals surface area contributed by atoms with Crippen molar-refractivity contribution in [2.24, 2.45) is 10.9 Å². The molecule has 1 aromatic heterocycles. The fourth-order valence-electron chi connectivity index (χ4n) is 2.59. The van der Waals surface area contributed by atoms with Crippen LogP contribution in [0.5, 0.6) is 5.88 Å². The van der Waals surface area contributed by atoms with Gasteiger partial charge in [0.15, 0.2) is 5.96 Å². The van der Waals surface area contributed by atoms with E-state index in [2.05, 4.69) is 39.7 Å². The third-order valence-corrected chi connectivity index (χ3v) is 4.18. The molecule has 2 rings (SSSR count). The van der Waals surface area contributed by atoms with Gasteiger partial charge in [0.25, 0.3) is 0 Å². The van der Waals surface area contributed by atoms with Crippen LogP contribution in [0.25, 0.3) is 0 Å². The van der Waals surface area contributed by atoms with E-state index in [1.165, 1.54) is 5.56 Å². The van der Waals surface area contributed by atoms with Gasteiger partial charge in [0.05, 0.1) is 19.8 Å². The highest BCUT2D eigenvalue weighted by Gasteiger charge is 2.08. The predicted octanol–water partition coefficient (Wildman–Crippen LogP) is 3.24. The van der Waals surface area contributed by atoms with E-state index in [1.807, 2.05) is 30.3 Å². The van der Waals surface area contributed by atoms with Crippen molar-refractivity contribution in [3.8, 4) is 5.88 Å². The van der Waals surface area contributed by atoms with Crippen LogP contribution in [0.3, 0.4) is 0 Å². The van der Waals surface area contributed by atoms with Gasteiger partial charge in [-0.3, -0.25) is 4.99 Å². The Hall–Kier alpha value is -1.91. The Morgan fingerprint density at radius 1 is 1.10 bits per heavy atom. The van der Waals surface area contributed by atoms with Crippen molar-refractivity contribution in [1.82, 2.24) is 15.6 Å². The van der Waals surface area contributed by atoms with Crippen molar-refractivity contribution < 1.29 is 14.2 Å². The quantitative estimate of drug-likeness (QED) is 0.191. The highest BCUT2D eigenvalue weighted by molar-refractivity contribution is 14.0. The summed E-state index contributed by atoms with van der Waals surface area (Å²) < 4.78 is 16.5. The van der Waals surface area contributed by atoms with Crippen LogP contribution in [0.2, 0.25) is 0 Å². The smallest absolute Gasteiger partial charge is 0.218 e. The molecule has 0 aliphatic heterocycles. The monoisotopic (exact) mass is 528 g/mol. The molecule has 0 aliphatic carbocycles. The first-order chi connectivity index (χ1) is 14.2.